The molecule has 1 aromatic carbocycles. The average Bonchev–Trinajstić information content (AvgIpc) is 3.24. The van der Waals surface area contributed by atoms with Crippen molar-refractivity contribution in [3.63, 3.8) is 0 Å². The SMILES string of the molecule is C[C@@H](Sc1nnc(-c2ccccc2Br)o1)C(=O)NCc1ccco1. The molecule has 0 bridgehead atoms. The highest BCUT2D eigenvalue weighted by Crippen LogP contribution is 2.30. The van der Waals surface area contributed by atoms with Gasteiger partial charge < -0.3 is 14.2 Å². The first kappa shape index (κ1) is 16.8. The third kappa shape index (κ3) is 4.07. The van der Waals surface area contributed by atoms with Gasteiger partial charge in [-0.2, -0.15) is 0 Å². The van der Waals surface area contributed by atoms with Gasteiger partial charge in [0.2, 0.25) is 11.8 Å². The zero-order valence-corrected chi connectivity index (χ0v) is 15.1. The molecule has 2 heterocycles. The molecular formula is C16H14BrN3O3S. The van der Waals surface area contributed by atoms with Crippen LogP contribution in [0.2, 0.25) is 0 Å². The molecule has 0 saturated carbocycles. The summed E-state index contributed by atoms with van der Waals surface area (Å²) in [5, 5.41) is 10.8. The minimum Gasteiger partial charge on any atom is -0.467 e. The Morgan fingerprint density at radius 2 is 2.12 bits per heavy atom. The van der Waals surface area contributed by atoms with Crippen molar-refractivity contribution in [1.29, 1.82) is 0 Å². The minimum absolute atomic E-state index is 0.128. The molecule has 1 amide bonds. The van der Waals surface area contributed by atoms with Crippen LogP contribution in [0, 0.1) is 0 Å². The summed E-state index contributed by atoms with van der Waals surface area (Å²) in [6.07, 6.45) is 1.57. The van der Waals surface area contributed by atoms with Crippen molar-refractivity contribution in [2.45, 2.75) is 23.9 Å². The fourth-order valence-electron chi connectivity index (χ4n) is 1.94. The number of rotatable bonds is 6. The van der Waals surface area contributed by atoms with Gasteiger partial charge in [-0.15, -0.1) is 10.2 Å². The Hall–Kier alpha value is -2.06. The summed E-state index contributed by atoms with van der Waals surface area (Å²) >= 11 is 4.66. The lowest BCUT2D eigenvalue weighted by molar-refractivity contribution is -0.120. The molecule has 0 saturated heterocycles. The topological polar surface area (TPSA) is 81.2 Å². The molecule has 124 valence electrons. The van der Waals surface area contributed by atoms with E-state index in [1.165, 1.54) is 11.8 Å². The summed E-state index contributed by atoms with van der Waals surface area (Å²) in [6, 6.07) is 11.2. The van der Waals surface area contributed by atoms with E-state index in [4.69, 9.17) is 8.83 Å². The van der Waals surface area contributed by atoms with Crippen molar-refractivity contribution in [2.75, 3.05) is 0 Å². The highest BCUT2D eigenvalue weighted by Gasteiger charge is 2.19. The number of hydrogen-bond acceptors (Lipinski definition) is 6. The maximum atomic E-state index is 12.1. The highest BCUT2D eigenvalue weighted by molar-refractivity contribution is 9.10. The molecule has 1 N–H and O–H groups in total. The number of nitrogens with one attached hydrogen (secondary N) is 1. The molecule has 0 aliphatic rings. The van der Waals surface area contributed by atoms with Crippen LogP contribution in [0.4, 0.5) is 0 Å². The zero-order chi connectivity index (χ0) is 16.9. The number of furan rings is 1. The lowest BCUT2D eigenvalue weighted by atomic mass is 10.2. The van der Waals surface area contributed by atoms with Gasteiger partial charge in [0, 0.05) is 4.47 Å². The number of carbonyl (C=O) groups is 1. The lowest BCUT2D eigenvalue weighted by Gasteiger charge is -2.08. The summed E-state index contributed by atoms with van der Waals surface area (Å²) in [5.41, 5.74) is 0.812. The Labute approximate surface area is 151 Å². The normalized spacial score (nSPS) is 12.1. The minimum atomic E-state index is -0.368. The second-order valence-corrected chi connectivity index (χ2v) is 7.06. The quantitative estimate of drug-likeness (QED) is 0.624. The molecule has 8 heteroatoms. The van der Waals surface area contributed by atoms with Crippen molar-refractivity contribution in [3.05, 3.63) is 52.9 Å². The molecule has 0 aliphatic carbocycles. The van der Waals surface area contributed by atoms with Gasteiger partial charge in [-0.25, -0.2) is 0 Å². The van der Waals surface area contributed by atoms with Gasteiger partial charge in [0.15, 0.2) is 0 Å². The predicted molar refractivity (Wildman–Crippen MR) is 93.3 cm³/mol. The van der Waals surface area contributed by atoms with Gasteiger partial charge in [-0.3, -0.25) is 4.79 Å². The van der Waals surface area contributed by atoms with E-state index < -0.39 is 0 Å². The molecule has 0 fully saturated rings. The van der Waals surface area contributed by atoms with Crippen LogP contribution >= 0.6 is 27.7 Å². The van der Waals surface area contributed by atoms with Crippen molar-refractivity contribution in [1.82, 2.24) is 15.5 Å². The van der Waals surface area contributed by atoms with Crippen LogP contribution in [0.3, 0.4) is 0 Å². The number of hydrogen-bond donors (Lipinski definition) is 1. The smallest absolute Gasteiger partial charge is 0.277 e. The molecule has 2 aromatic heterocycles. The van der Waals surface area contributed by atoms with E-state index in [1.54, 1.807) is 25.3 Å². The van der Waals surface area contributed by atoms with Crippen LogP contribution in [-0.2, 0) is 11.3 Å². The summed E-state index contributed by atoms with van der Waals surface area (Å²) in [5.74, 6) is 0.986. The van der Waals surface area contributed by atoms with Gasteiger partial charge in [0.1, 0.15) is 5.76 Å². The van der Waals surface area contributed by atoms with Gasteiger partial charge in [0.25, 0.3) is 5.22 Å². The van der Waals surface area contributed by atoms with Crippen molar-refractivity contribution in [3.8, 4) is 11.5 Å². The molecule has 0 unspecified atom stereocenters. The number of thioether (sulfide) groups is 1. The van der Waals surface area contributed by atoms with Crippen LogP contribution in [0.1, 0.15) is 12.7 Å². The average molecular weight is 408 g/mol. The molecular weight excluding hydrogens is 394 g/mol. The number of halogens is 1. The Bertz CT molecular complexity index is 820. The van der Waals surface area contributed by atoms with Crippen molar-refractivity contribution in [2.24, 2.45) is 0 Å². The van der Waals surface area contributed by atoms with Crippen molar-refractivity contribution < 1.29 is 13.6 Å². The first-order valence-corrected chi connectivity index (χ1v) is 8.86. The summed E-state index contributed by atoms with van der Waals surface area (Å²) < 4.78 is 11.7. The Kier molecular flexibility index (Phi) is 5.37. The third-order valence-corrected chi connectivity index (χ3v) is 4.80. The van der Waals surface area contributed by atoms with E-state index in [0.717, 1.165) is 10.0 Å². The maximum Gasteiger partial charge on any atom is 0.277 e. The van der Waals surface area contributed by atoms with E-state index in [0.29, 0.717) is 23.4 Å². The van der Waals surface area contributed by atoms with Crippen LogP contribution < -0.4 is 5.32 Å². The van der Waals surface area contributed by atoms with E-state index in [1.807, 2.05) is 24.3 Å². The molecule has 24 heavy (non-hydrogen) atoms. The van der Waals surface area contributed by atoms with E-state index in [2.05, 4.69) is 31.4 Å². The molecule has 0 spiro atoms. The second-order valence-electron chi connectivity index (χ2n) is 4.91. The molecule has 0 radical (unpaired) electrons. The largest absolute Gasteiger partial charge is 0.467 e. The highest BCUT2D eigenvalue weighted by atomic mass is 79.9. The van der Waals surface area contributed by atoms with E-state index in [-0.39, 0.29) is 11.2 Å². The van der Waals surface area contributed by atoms with E-state index >= 15 is 0 Å². The molecule has 0 aliphatic heterocycles. The Morgan fingerprint density at radius 1 is 1.29 bits per heavy atom. The first-order valence-electron chi connectivity index (χ1n) is 7.18. The van der Waals surface area contributed by atoms with E-state index in [9.17, 15) is 4.79 Å². The van der Waals surface area contributed by atoms with Crippen molar-refractivity contribution >= 4 is 33.6 Å². The molecule has 1 atom stereocenters. The standard InChI is InChI=1S/C16H14BrN3O3S/c1-10(14(21)18-9-11-5-4-8-22-11)24-16-20-19-15(23-16)12-6-2-3-7-13(12)17/h2-8,10H,9H2,1H3,(H,18,21)/t10-/m1/s1. The van der Waals surface area contributed by atoms with Gasteiger partial charge in [-0.05, 0) is 47.1 Å². The zero-order valence-electron chi connectivity index (χ0n) is 12.7. The molecule has 6 nitrogen and oxygen atoms in total. The maximum absolute atomic E-state index is 12.1. The van der Waals surface area contributed by atoms with Gasteiger partial charge in [-0.1, -0.05) is 23.9 Å². The Balaban J connectivity index is 1.59. The van der Waals surface area contributed by atoms with Crippen LogP contribution in [0.25, 0.3) is 11.5 Å². The molecule has 3 rings (SSSR count). The van der Waals surface area contributed by atoms with Gasteiger partial charge in [0.05, 0.1) is 23.6 Å². The monoisotopic (exact) mass is 407 g/mol. The Morgan fingerprint density at radius 3 is 2.88 bits per heavy atom. The first-order chi connectivity index (χ1) is 11.6. The van der Waals surface area contributed by atoms with Crippen LogP contribution in [0.15, 0.2) is 61.2 Å². The summed E-state index contributed by atoms with van der Waals surface area (Å²) in [7, 11) is 0. The molecule has 3 aromatic rings. The van der Waals surface area contributed by atoms with Gasteiger partial charge >= 0.3 is 0 Å². The number of amides is 1. The summed E-state index contributed by atoms with van der Waals surface area (Å²) in [4.78, 5) is 12.1. The number of aromatic nitrogens is 2. The fraction of sp³-hybridized carbons (Fsp3) is 0.188. The summed E-state index contributed by atoms with van der Waals surface area (Å²) in [6.45, 7) is 2.13. The number of benzene rings is 1. The van der Waals surface area contributed by atoms with Crippen LogP contribution in [-0.4, -0.2) is 21.4 Å². The lowest BCUT2D eigenvalue weighted by Crippen LogP contribution is -2.30. The second kappa shape index (κ2) is 7.67. The number of carbonyl (C=O) groups excluding carboxylic acids is 1. The number of nitrogens with zero attached hydrogens (tertiary/aromatic N) is 2. The third-order valence-electron chi connectivity index (χ3n) is 3.17. The predicted octanol–water partition coefficient (Wildman–Crippen LogP) is 3.89. The fourth-order valence-corrected chi connectivity index (χ4v) is 3.10. The van der Waals surface area contributed by atoms with Crippen LogP contribution in [0.5, 0.6) is 0 Å².